The fourth-order valence-electron chi connectivity index (χ4n) is 0.748. The molecule has 0 spiro atoms. The first-order valence-corrected chi connectivity index (χ1v) is 5.77. The number of amides is 1. The van der Waals surface area contributed by atoms with Crippen LogP contribution in [-0.4, -0.2) is 47.3 Å². The summed E-state index contributed by atoms with van der Waals surface area (Å²) in [5, 5.41) is 10.1. The van der Waals surface area contributed by atoms with Gasteiger partial charge in [-0.2, -0.15) is 24.9 Å². The van der Waals surface area contributed by atoms with E-state index in [2.05, 4.69) is 0 Å². The highest BCUT2D eigenvalue weighted by Crippen LogP contribution is 2.12. The van der Waals surface area contributed by atoms with Crippen LogP contribution in [0.5, 0.6) is 0 Å². The van der Waals surface area contributed by atoms with Gasteiger partial charge in [-0.05, 0) is 12.2 Å². The van der Waals surface area contributed by atoms with Crippen LogP contribution < -0.4 is 11.1 Å². The predicted octanol–water partition coefficient (Wildman–Crippen LogP) is 0.200. The molecule has 9 heteroatoms. The minimum absolute atomic E-state index is 0.150. The number of nitrogens with two attached hydrogens (primary N) is 1. The molecule has 100 valence electrons. The van der Waals surface area contributed by atoms with Crippen molar-refractivity contribution in [3.05, 3.63) is 0 Å². The minimum atomic E-state index is -4.42. The number of rotatable bonds is 7. The van der Waals surface area contributed by atoms with E-state index in [0.717, 1.165) is 11.8 Å². The van der Waals surface area contributed by atoms with Crippen molar-refractivity contribution in [3.8, 4) is 0 Å². The maximum absolute atomic E-state index is 11.7. The van der Waals surface area contributed by atoms with Gasteiger partial charge in [0.25, 0.3) is 0 Å². The number of hydrogen-bond donors (Lipinski definition) is 3. The number of alkyl halides is 3. The number of hydrogen-bond acceptors (Lipinski definition) is 4. The van der Waals surface area contributed by atoms with Crippen LogP contribution in [0.1, 0.15) is 6.42 Å². The fraction of sp³-hybridized carbons (Fsp3) is 0.750. The maximum Gasteiger partial charge on any atom is 0.405 e. The van der Waals surface area contributed by atoms with Gasteiger partial charge in [0.2, 0.25) is 5.91 Å². The standard InChI is InChI=1S/C8H13F3N2O3S/c9-8(10,11)4-13-6(14)3-17-2-1-5(12)7(15)16/h5H,1-4,12H2,(H,13,14)(H,15,16). The third-order valence-corrected chi connectivity index (χ3v) is 2.60. The Labute approximate surface area is 99.9 Å². The number of carboxylic acid groups (broad SMARTS) is 1. The maximum atomic E-state index is 11.7. The van der Waals surface area contributed by atoms with Crippen LogP contribution >= 0.6 is 11.8 Å². The molecule has 0 bridgehead atoms. The summed E-state index contributed by atoms with van der Waals surface area (Å²) in [6.07, 6.45) is -4.27. The number of nitrogens with one attached hydrogen (secondary N) is 1. The highest BCUT2D eigenvalue weighted by atomic mass is 32.2. The molecular formula is C8H13F3N2O3S. The molecule has 0 aliphatic carbocycles. The van der Waals surface area contributed by atoms with E-state index in [-0.39, 0.29) is 12.2 Å². The highest BCUT2D eigenvalue weighted by molar-refractivity contribution is 7.99. The smallest absolute Gasteiger partial charge is 0.405 e. The Hall–Kier alpha value is -0.960. The lowest BCUT2D eigenvalue weighted by Crippen LogP contribution is -2.35. The summed E-state index contributed by atoms with van der Waals surface area (Å²) < 4.78 is 35.1. The number of thioether (sulfide) groups is 1. The van der Waals surface area contributed by atoms with Gasteiger partial charge in [-0.15, -0.1) is 0 Å². The van der Waals surface area contributed by atoms with E-state index in [9.17, 15) is 22.8 Å². The first kappa shape index (κ1) is 16.0. The summed E-state index contributed by atoms with van der Waals surface area (Å²) in [6, 6.07) is -1.01. The molecule has 5 nitrogen and oxygen atoms in total. The van der Waals surface area contributed by atoms with Crippen LogP contribution in [0.25, 0.3) is 0 Å². The summed E-state index contributed by atoms with van der Waals surface area (Å²) in [6.45, 7) is -1.36. The van der Waals surface area contributed by atoms with Gasteiger partial charge in [0.1, 0.15) is 12.6 Å². The van der Waals surface area contributed by atoms with Crippen LogP contribution in [0.4, 0.5) is 13.2 Å². The van der Waals surface area contributed by atoms with E-state index in [1.54, 1.807) is 5.32 Å². The largest absolute Gasteiger partial charge is 0.480 e. The first-order valence-electron chi connectivity index (χ1n) is 4.62. The lowest BCUT2D eigenvalue weighted by molar-refractivity contribution is -0.138. The van der Waals surface area contributed by atoms with Crippen molar-refractivity contribution in [2.75, 3.05) is 18.1 Å². The molecule has 0 aliphatic heterocycles. The van der Waals surface area contributed by atoms with Crippen molar-refractivity contribution >= 4 is 23.6 Å². The van der Waals surface area contributed by atoms with Crippen LogP contribution in [0.15, 0.2) is 0 Å². The third-order valence-electron chi connectivity index (χ3n) is 1.61. The van der Waals surface area contributed by atoms with E-state index >= 15 is 0 Å². The predicted molar refractivity (Wildman–Crippen MR) is 56.6 cm³/mol. The molecular weight excluding hydrogens is 261 g/mol. The molecule has 1 amide bonds. The summed E-state index contributed by atoms with van der Waals surface area (Å²) in [5.41, 5.74) is 5.19. The van der Waals surface area contributed by atoms with E-state index < -0.39 is 30.6 Å². The lowest BCUT2D eigenvalue weighted by Gasteiger charge is -2.08. The van der Waals surface area contributed by atoms with E-state index in [1.807, 2.05) is 0 Å². The number of aliphatic carboxylic acids is 1. The Morgan fingerprint density at radius 3 is 2.47 bits per heavy atom. The first-order chi connectivity index (χ1) is 7.72. The summed E-state index contributed by atoms with van der Waals surface area (Å²) in [7, 11) is 0. The Kier molecular flexibility index (Phi) is 6.97. The number of carbonyl (C=O) groups excluding carboxylic acids is 1. The molecule has 0 aromatic heterocycles. The monoisotopic (exact) mass is 274 g/mol. The molecule has 0 heterocycles. The van der Waals surface area contributed by atoms with Crippen LogP contribution in [0.3, 0.4) is 0 Å². The van der Waals surface area contributed by atoms with Gasteiger partial charge in [-0.25, -0.2) is 0 Å². The van der Waals surface area contributed by atoms with Crippen molar-refractivity contribution in [1.82, 2.24) is 5.32 Å². The van der Waals surface area contributed by atoms with E-state index in [4.69, 9.17) is 10.8 Å². The van der Waals surface area contributed by atoms with Gasteiger partial charge in [0.05, 0.1) is 5.75 Å². The van der Waals surface area contributed by atoms with Gasteiger partial charge in [0.15, 0.2) is 0 Å². The Bertz CT molecular complexity index is 273. The highest BCUT2D eigenvalue weighted by Gasteiger charge is 2.27. The van der Waals surface area contributed by atoms with Crippen molar-refractivity contribution in [3.63, 3.8) is 0 Å². The quantitative estimate of drug-likeness (QED) is 0.577. The zero-order valence-electron chi connectivity index (χ0n) is 8.79. The topological polar surface area (TPSA) is 92.4 Å². The zero-order valence-corrected chi connectivity index (χ0v) is 9.61. The fourth-order valence-corrected chi connectivity index (χ4v) is 1.60. The second-order valence-corrected chi connectivity index (χ2v) is 4.28. The van der Waals surface area contributed by atoms with Crippen molar-refractivity contribution < 1.29 is 27.9 Å². The molecule has 1 unspecified atom stereocenters. The van der Waals surface area contributed by atoms with Gasteiger partial charge < -0.3 is 16.2 Å². The second-order valence-electron chi connectivity index (χ2n) is 3.18. The molecule has 0 aromatic carbocycles. The van der Waals surface area contributed by atoms with E-state index in [0.29, 0.717) is 5.75 Å². The average Bonchev–Trinajstić information content (AvgIpc) is 2.20. The molecule has 0 saturated carbocycles. The van der Waals surface area contributed by atoms with Crippen molar-refractivity contribution in [2.45, 2.75) is 18.6 Å². The Balaban J connectivity index is 3.56. The number of carbonyl (C=O) groups is 2. The molecule has 0 fully saturated rings. The van der Waals surface area contributed by atoms with Crippen LogP contribution in [0, 0.1) is 0 Å². The molecule has 0 radical (unpaired) electrons. The average molecular weight is 274 g/mol. The second kappa shape index (κ2) is 7.38. The molecule has 0 aromatic rings. The summed E-state index contributed by atoms with van der Waals surface area (Å²) in [4.78, 5) is 21.2. The molecule has 0 saturated heterocycles. The van der Waals surface area contributed by atoms with Gasteiger partial charge in [0, 0.05) is 0 Å². The molecule has 4 N–H and O–H groups in total. The van der Waals surface area contributed by atoms with Crippen LogP contribution in [-0.2, 0) is 9.59 Å². The Morgan fingerprint density at radius 2 is 2.00 bits per heavy atom. The number of halogens is 3. The molecule has 0 aliphatic rings. The van der Waals surface area contributed by atoms with Gasteiger partial charge >= 0.3 is 12.1 Å². The number of carboxylic acids is 1. The summed E-state index contributed by atoms with van der Waals surface area (Å²) >= 11 is 1.03. The van der Waals surface area contributed by atoms with Crippen LogP contribution in [0.2, 0.25) is 0 Å². The molecule has 1 atom stereocenters. The normalized spacial score (nSPS) is 13.2. The lowest BCUT2D eigenvalue weighted by atomic mass is 10.2. The molecule has 17 heavy (non-hydrogen) atoms. The third kappa shape index (κ3) is 9.94. The SMILES string of the molecule is NC(CCSCC(=O)NCC(F)(F)F)C(=O)O. The minimum Gasteiger partial charge on any atom is -0.480 e. The van der Waals surface area contributed by atoms with Crippen molar-refractivity contribution in [2.24, 2.45) is 5.73 Å². The van der Waals surface area contributed by atoms with Gasteiger partial charge in [-0.1, -0.05) is 0 Å². The Morgan fingerprint density at radius 1 is 1.41 bits per heavy atom. The van der Waals surface area contributed by atoms with Crippen molar-refractivity contribution in [1.29, 1.82) is 0 Å². The summed E-state index contributed by atoms with van der Waals surface area (Å²) in [5.74, 6) is -1.74. The molecule has 0 rings (SSSR count). The zero-order chi connectivity index (χ0) is 13.5. The van der Waals surface area contributed by atoms with Gasteiger partial charge in [-0.3, -0.25) is 9.59 Å². The van der Waals surface area contributed by atoms with E-state index in [1.165, 1.54) is 0 Å².